The summed E-state index contributed by atoms with van der Waals surface area (Å²) in [6.45, 7) is 0. The van der Waals surface area contributed by atoms with Crippen molar-refractivity contribution in [3.05, 3.63) is 67.2 Å². The van der Waals surface area contributed by atoms with Gasteiger partial charge in [-0.1, -0.05) is 39.7 Å². The first kappa shape index (κ1) is 17.2. The van der Waals surface area contributed by atoms with Gasteiger partial charge in [0.2, 0.25) is 0 Å². The first-order chi connectivity index (χ1) is 11.5. The van der Waals surface area contributed by atoms with Crippen molar-refractivity contribution in [3.8, 4) is 5.75 Å². The Morgan fingerprint density at radius 3 is 2.71 bits per heavy atom. The smallest absolute Gasteiger partial charge is 0.275 e. The van der Waals surface area contributed by atoms with E-state index in [0.29, 0.717) is 22.2 Å². The number of amides is 1. The quantitative estimate of drug-likeness (QED) is 0.656. The van der Waals surface area contributed by atoms with E-state index in [9.17, 15) is 4.79 Å². The molecule has 3 rings (SSSR count). The number of rotatable bonds is 3. The van der Waals surface area contributed by atoms with Crippen molar-refractivity contribution in [2.75, 3.05) is 7.11 Å². The summed E-state index contributed by atoms with van der Waals surface area (Å²) in [7, 11) is 1.57. The fourth-order valence-electron chi connectivity index (χ4n) is 2.30. The van der Waals surface area contributed by atoms with Crippen LogP contribution in [-0.2, 0) is 4.79 Å². The molecule has 4 nitrogen and oxygen atoms in total. The molecule has 0 unspecified atom stereocenters. The highest BCUT2D eigenvalue weighted by Crippen LogP contribution is 2.34. The monoisotopic (exact) mass is 468 g/mol. The van der Waals surface area contributed by atoms with Crippen molar-refractivity contribution < 1.29 is 9.53 Å². The Bertz CT molecular complexity index is 894. The molecule has 1 aliphatic rings. The molecular formula is C17H11Br2ClN2O2. The molecule has 0 bridgehead atoms. The number of amidine groups is 1. The van der Waals surface area contributed by atoms with Gasteiger partial charge in [-0.05, 0) is 46.3 Å². The molecule has 0 saturated heterocycles. The summed E-state index contributed by atoms with van der Waals surface area (Å²) in [6.07, 6.45) is 1.67. The molecule has 2 aromatic carbocycles. The third-order valence-corrected chi connectivity index (χ3v) is 4.74. The van der Waals surface area contributed by atoms with Gasteiger partial charge in [-0.15, -0.1) is 0 Å². The third kappa shape index (κ3) is 3.41. The summed E-state index contributed by atoms with van der Waals surface area (Å²) in [6, 6.07) is 10.9. The molecule has 1 amide bonds. The third-order valence-electron chi connectivity index (χ3n) is 3.36. The van der Waals surface area contributed by atoms with Crippen molar-refractivity contribution in [1.82, 2.24) is 5.32 Å². The van der Waals surface area contributed by atoms with E-state index in [4.69, 9.17) is 16.3 Å². The van der Waals surface area contributed by atoms with Crippen molar-refractivity contribution >= 4 is 61.3 Å². The Morgan fingerprint density at radius 2 is 2.00 bits per heavy atom. The number of ether oxygens (including phenoxy) is 1. The van der Waals surface area contributed by atoms with Crippen molar-refractivity contribution in [2.24, 2.45) is 4.99 Å². The number of hydrogen-bond acceptors (Lipinski definition) is 3. The summed E-state index contributed by atoms with van der Waals surface area (Å²) in [4.78, 5) is 16.6. The fourth-order valence-corrected chi connectivity index (χ4v) is 3.94. The van der Waals surface area contributed by atoms with Crippen LogP contribution in [-0.4, -0.2) is 18.9 Å². The molecule has 1 N–H and O–H groups in total. The van der Waals surface area contributed by atoms with Gasteiger partial charge in [0.15, 0.2) is 0 Å². The summed E-state index contributed by atoms with van der Waals surface area (Å²) in [5, 5.41) is 3.27. The van der Waals surface area contributed by atoms with E-state index in [2.05, 4.69) is 42.2 Å². The van der Waals surface area contributed by atoms with Gasteiger partial charge in [0.25, 0.3) is 5.91 Å². The zero-order chi connectivity index (χ0) is 17.3. The Kier molecular flexibility index (Phi) is 5.08. The van der Waals surface area contributed by atoms with Gasteiger partial charge in [0, 0.05) is 15.6 Å². The molecule has 0 spiro atoms. The number of carbonyl (C=O) groups excluding carboxylic acids is 1. The van der Waals surface area contributed by atoms with Crippen LogP contribution in [0.15, 0.2) is 56.0 Å². The van der Waals surface area contributed by atoms with Crippen LogP contribution in [0.3, 0.4) is 0 Å². The molecule has 1 aliphatic heterocycles. The molecule has 7 heteroatoms. The van der Waals surface area contributed by atoms with Gasteiger partial charge < -0.3 is 10.1 Å². The molecule has 1 heterocycles. The Labute approximate surface area is 160 Å². The first-order valence-electron chi connectivity index (χ1n) is 6.89. The van der Waals surface area contributed by atoms with Crippen LogP contribution in [0.25, 0.3) is 6.08 Å². The Morgan fingerprint density at radius 1 is 1.25 bits per heavy atom. The Balaban J connectivity index is 2.06. The van der Waals surface area contributed by atoms with Crippen molar-refractivity contribution in [1.29, 1.82) is 0 Å². The van der Waals surface area contributed by atoms with Gasteiger partial charge in [0.05, 0.1) is 16.6 Å². The van der Waals surface area contributed by atoms with Crippen LogP contribution in [0.1, 0.15) is 11.1 Å². The second-order valence-electron chi connectivity index (χ2n) is 4.93. The van der Waals surface area contributed by atoms with Crippen LogP contribution in [0.2, 0.25) is 5.02 Å². The lowest BCUT2D eigenvalue weighted by molar-refractivity contribution is -0.115. The number of aliphatic imine (C=N–C) groups is 1. The maximum atomic E-state index is 12.2. The van der Waals surface area contributed by atoms with E-state index >= 15 is 0 Å². The minimum Gasteiger partial charge on any atom is -0.495 e. The van der Waals surface area contributed by atoms with Crippen LogP contribution in [0.5, 0.6) is 5.75 Å². The summed E-state index contributed by atoms with van der Waals surface area (Å²) >= 11 is 13.0. The molecule has 0 aliphatic carbocycles. The number of benzene rings is 2. The van der Waals surface area contributed by atoms with Crippen LogP contribution < -0.4 is 10.1 Å². The largest absolute Gasteiger partial charge is 0.495 e. The SMILES string of the molecule is COc1c(Br)cc(Br)cc1/C=C1\N=C(c2ccccc2Cl)NC1=O. The summed E-state index contributed by atoms with van der Waals surface area (Å²) in [5.41, 5.74) is 1.69. The van der Waals surface area contributed by atoms with Gasteiger partial charge >= 0.3 is 0 Å². The van der Waals surface area contributed by atoms with Crippen LogP contribution in [0.4, 0.5) is 0 Å². The van der Waals surface area contributed by atoms with Crippen molar-refractivity contribution in [3.63, 3.8) is 0 Å². The molecule has 0 atom stereocenters. The number of nitrogens with zero attached hydrogens (tertiary/aromatic N) is 1. The predicted molar refractivity (Wildman–Crippen MR) is 103 cm³/mol. The maximum absolute atomic E-state index is 12.2. The lowest BCUT2D eigenvalue weighted by atomic mass is 10.1. The number of halogens is 3. The van der Waals surface area contributed by atoms with E-state index in [1.54, 1.807) is 25.3 Å². The molecule has 2 aromatic rings. The van der Waals surface area contributed by atoms with Gasteiger partial charge in [-0.25, -0.2) is 4.99 Å². The standard InChI is InChI=1S/C17H11Br2ClN2O2/c1-24-15-9(6-10(18)8-12(15)19)7-14-17(23)22-16(21-14)11-4-2-3-5-13(11)20/h2-8H,1H3,(H,21,22,23)/b14-7-. The average Bonchev–Trinajstić information content (AvgIpc) is 2.88. The predicted octanol–water partition coefficient (Wildman–Crippen LogP) is 4.79. The highest BCUT2D eigenvalue weighted by atomic mass is 79.9. The summed E-state index contributed by atoms with van der Waals surface area (Å²) < 4.78 is 7.03. The molecule has 0 fully saturated rings. The topological polar surface area (TPSA) is 50.7 Å². The van der Waals surface area contributed by atoms with E-state index in [1.165, 1.54) is 0 Å². The van der Waals surface area contributed by atoms with Gasteiger partial charge in [-0.3, -0.25) is 4.79 Å². The average molecular weight is 471 g/mol. The molecule has 0 saturated carbocycles. The summed E-state index contributed by atoms with van der Waals surface area (Å²) in [5.74, 6) is 0.771. The van der Waals surface area contributed by atoms with E-state index in [1.807, 2.05) is 24.3 Å². The fraction of sp³-hybridized carbons (Fsp3) is 0.0588. The zero-order valence-electron chi connectivity index (χ0n) is 12.4. The maximum Gasteiger partial charge on any atom is 0.275 e. The highest BCUT2D eigenvalue weighted by molar-refractivity contribution is 9.11. The first-order valence-corrected chi connectivity index (χ1v) is 8.85. The molecular weight excluding hydrogens is 459 g/mol. The second-order valence-corrected chi connectivity index (χ2v) is 7.11. The number of carbonyl (C=O) groups is 1. The second kappa shape index (κ2) is 7.09. The van der Waals surface area contributed by atoms with Gasteiger partial charge in [0.1, 0.15) is 17.3 Å². The van der Waals surface area contributed by atoms with Crippen LogP contribution in [0, 0.1) is 0 Å². The van der Waals surface area contributed by atoms with Crippen molar-refractivity contribution in [2.45, 2.75) is 0 Å². The lowest BCUT2D eigenvalue weighted by Crippen LogP contribution is -2.24. The minimum atomic E-state index is -0.289. The lowest BCUT2D eigenvalue weighted by Gasteiger charge is -2.08. The van der Waals surface area contributed by atoms with E-state index in [-0.39, 0.29) is 11.6 Å². The highest BCUT2D eigenvalue weighted by Gasteiger charge is 2.23. The molecule has 0 aromatic heterocycles. The van der Waals surface area contributed by atoms with E-state index in [0.717, 1.165) is 14.5 Å². The zero-order valence-corrected chi connectivity index (χ0v) is 16.4. The number of methoxy groups -OCH3 is 1. The molecule has 0 radical (unpaired) electrons. The normalized spacial score (nSPS) is 15.4. The minimum absolute atomic E-state index is 0.285. The number of hydrogen-bond donors (Lipinski definition) is 1. The van der Waals surface area contributed by atoms with E-state index < -0.39 is 0 Å². The molecule has 122 valence electrons. The molecule has 24 heavy (non-hydrogen) atoms. The number of nitrogens with one attached hydrogen (secondary N) is 1. The Hall–Kier alpha value is -1.63. The van der Waals surface area contributed by atoms with Gasteiger partial charge in [-0.2, -0.15) is 0 Å². The van der Waals surface area contributed by atoms with Crippen LogP contribution >= 0.6 is 43.5 Å².